The van der Waals surface area contributed by atoms with Crippen LogP contribution in [0.25, 0.3) is 11.0 Å². The van der Waals surface area contributed by atoms with E-state index in [1.54, 1.807) is 6.07 Å². The molecule has 4 nitrogen and oxygen atoms in total. The largest absolute Gasteiger partial charge is 0.331 e. The highest BCUT2D eigenvalue weighted by Crippen LogP contribution is 2.18. The fraction of sp³-hybridized carbons (Fsp3) is 0. The summed E-state index contributed by atoms with van der Waals surface area (Å²) in [6.45, 7) is 0. The van der Waals surface area contributed by atoms with Crippen LogP contribution in [0.4, 0.5) is 5.69 Å². The van der Waals surface area contributed by atoms with Crippen LogP contribution in [0.2, 0.25) is 0 Å². The Labute approximate surface area is 112 Å². The molecule has 0 radical (unpaired) electrons. The molecular weight excluding hydrogens is 266 g/mol. The molecule has 0 bridgehead atoms. The quantitative estimate of drug-likeness (QED) is 0.626. The van der Waals surface area contributed by atoms with E-state index >= 15 is 0 Å². The highest BCUT2D eigenvalue weighted by Gasteiger charge is 2.07. The van der Waals surface area contributed by atoms with Gasteiger partial charge in [-0.2, -0.15) is 0 Å². The van der Waals surface area contributed by atoms with Crippen molar-refractivity contribution in [1.82, 2.24) is 9.97 Å². The van der Waals surface area contributed by atoms with E-state index in [9.17, 15) is 4.79 Å². The zero-order valence-electron chi connectivity index (χ0n) is 9.19. The second-order valence-corrected chi connectivity index (χ2v) is 5.13. The Bertz CT molecular complexity index is 755. The number of benzene rings is 1. The first-order valence-electron chi connectivity index (χ1n) is 5.29. The number of imidazole rings is 1. The lowest BCUT2D eigenvalue weighted by molar-refractivity contribution is 0.103. The first-order chi connectivity index (χ1) is 8.72. The van der Waals surface area contributed by atoms with Gasteiger partial charge in [0.2, 0.25) is 0 Å². The van der Waals surface area contributed by atoms with Gasteiger partial charge in [0.15, 0.2) is 4.77 Å². The number of carbonyl (C=O) groups excluding carboxylic acids is 1. The van der Waals surface area contributed by atoms with E-state index in [0.717, 1.165) is 16.7 Å². The minimum absolute atomic E-state index is 0.0986. The van der Waals surface area contributed by atoms with Crippen molar-refractivity contribution >= 4 is 46.2 Å². The van der Waals surface area contributed by atoms with E-state index in [2.05, 4.69) is 15.3 Å². The summed E-state index contributed by atoms with van der Waals surface area (Å²) in [7, 11) is 0. The van der Waals surface area contributed by atoms with Gasteiger partial charge >= 0.3 is 0 Å². The van der Waals surface area contributed by atoms with Crippen molar-refractivity contribution in [2.75, 3.05) is 5.32 Å². The van der Waals surface area contributed by atoms with Gasteiger partial charge in [0, 0.05) is 5.69 Å². The van der Waals surface area contributed by atoms with Gasteiger partial charge in [0.25, 0.3) is 5.91 Å². The topological polar surface area (TPSA) is 60.7 Å². The Kier molecular flexibility index (Phi) is 2.73. The summed E-state index contributed by atoms with van der Waals surface area (Å²) in [5, 5.41) is 4.73. The zero-order chi connectivity index (χ0) is 12.5. The zero-order valence-corrected chi connectivity index (χ0v) is 10.8. The second-order valence-electron chi connectivity index (χ2n) is 3.77. The molecule has 0 aliphatic rings. The van der Waals surface area contributed by atoms with Crippen molar-refractivity contribution in [1.29, 1.82) is 0 Å². The number of hydrogen-bond donors (Lipinski definition) is 3. The molecule has 0 aliphatic heterocycles. The SMILES string of the molecule is O=C(Nc1ccc2[nH]c(=S)[nH]c2c1)c1cccs1. The fourth-order valence-electron chi connectivity index (χ4n) is 1.71. The van der Waals surface area contributed by atoms with Gasteiger partial charge in [-0.3, -0.25) is 4.79 Å². The van der Waals surface area contributed by atoms with Crippen LogP contribution in [-0.2, 0) is 0 Å². The normalized spacial score (nSPS) is 10.7. The summed E-state index contributed by atoms with van der Waals surface area (Å²) in [4.78, 5) is 18.6. The molecule has 1 aromatic carbocycles. The molecule has 18 heavy (non-hydrogen) atoms. The lowest BCUT2D eigenvalue weighted by atomic mass is 10.2. The molecule has 90 valence electrons. The molecular formula is C12H9N3OS2. The van der Waals surface area contributed by atoms with E-state index < -0.39 is 0 Å². The van der Waals surface area contributed by atoms with E-state index in [1.807, 2.05) is 29.6 Å². The highest BCUT2D eigenvalue weighted by molar-refractivity contribution is 7.71. The van der Waals surface area contributed by atoms with E-state index in [-0.39, 0.29) is 5.91 Å². The number of carbonyl (C=O) groups is 1. The highest BCUT2D eigenvalue weighted by atomic mass is 32.1. The molecule has 0 spiro atoms. The van der Waals surface area contributed by atoms with Crippen LogP contribution in [0.3, 0.4) is 0 Å². The first-order valence-corrected chi connectivity index (χ1v) is 6.58. The summed E-state index contributed by atoms with van der Waals surface area (Å²) >= 11 is 6.43. The Morgan fingerprint density at radius 1 is 1.22 bits per heavy atom. The lowest BCUT2D eigenvalue weighted by Gasteiger charge is -2.03. The van der Waals surface area contributed by atoms with Crippen LogP contribution in [0.15, 0.2) is 35.7 Å². The number of thiophene rings is 1. The summed E-state index contributed by atoms with van der Waals surface area (Å²) < 4.78 is 0.576. The van der Waals surface area contributed by atoms with Crippen molar-refractivity contribution < 1.29 is 4.79 Å². The molecule has 0 aliphatic carbocycles. The molecule has 6 heteroatoms. The lowest BCUT2D eigenvalue weighted by Crippen LogP contribution is -2.09. The summed E-state index contributed by atoms with van der Waals surface area (Å²) in [5.41, 5.74) is 2.55. The maximum absolute atomic E-state index is 11.9. The number of H-pyrrole nitrogens is 2. The van der Waals surface area contributed by atoms with Gasteiger partial charge in [0.05, 0.1) is 15.9 Å². The van der Waals surface area contributed by atoms with Crippen molar-refractivity contribution in [3.05, 3.63) is 45.4 Å². The fourth-order valence-corrected chi connectivity index (χ4v) is 2.55. The minimum Gasteiger partial charge on any atom is -0.331 e. The van der Waals surface area contributed by atoms with Gasteiger partial charge in [0.1, 0.15) is 0 Å². The number of aromatic amines is 2. The van der Waals surface area contributed by atoms with E-state index in [4.69, 9.17) is 12.2 Å². The summed E-state index contributed by atoms with van der Waals surface area (Å²) in [6.07, 6.45) is 0. The summed E-state index contributed by atoms with van der Waals surface area (Å²) in [5.74, 6) is -0.0986. The van der Waals surface area contributed by atoms with Crippen molar-refractivity contribution in [3.8, 4) is 0 Å². The van der Waals surface area contributed by atoms with Gasteiger partial charge in [-0.15, -0.1) is 11.3 Å². The number of nitrogens with one attached hydrogen (secondary N) is 3. The van der Waals surface area contributed by atoms with Gasteiger partial charge in [-0.25, -0.2) is 0 Å². The molecule has 0 saturated heterocycles. The van der Waals surface area contributed by atoms with Crippen LogP contribution < -0.4 is 5.32 Å². The third-order valence-electron chi connectivity index (χ3n) is 2.52. The van der Waals surface area contributed by atoms with E-state index in [1.165, 1.54) is 11.3 Å². The monoisotopic (exact) mass is 275 g/mol. The van der Waals surface area contributed by atoms with Crippen LogP contribution >= 0.6 is 23.6 Å². The molecule has 0 atom stereocenters. The maximum Gasteiger partial charge on any atom is 0.265 e. The number of aromatic nitrogens is 2. The van der Waals surface area contributed by atoms with Gasteiger partial charge in [-0.05, 0) is 41.9 Å². The van der Waals surface area contributed by atoms with Crippen LogP contribution in [-0.4, -0.2) is 15.9 Å². The standard InChI is InChI=1S/C12H9N3OS2/c16-11(10-2-1-5-18-10)13-7-3-4-8-9(6-7)15-12(17)14-8/h1-6H,(H,13,16)(H2,14,15,17). The van der Waals surface area contributed by atoms with Crippen LogP contribution in [0.5, 0.6) is 0 Å². The van der Waals surface area contributed by atoms with Crippen molar-refractivity contribution in [2.45, 2.75) is 0 Å². The van der Waals surface area contributed by atoms with Crippen LogP contribution in [0, 0.1) is 4.77 Å². The molecule has 0 saturated carbocycles. The number of amides is 1. The average molecular weight is 275 g/mol. The first kappa shape index (κ1) is 11.2. The van der Waals surface area contributed by atoms with Gasteiger partial charge < -0.3 is 15.3 Å². The van der Waals surface area contributed by atoms with Gasteiger partial charge in [-0.1, -0.05) is 6.07 Å². The number of hydrogen-bond acceptors (Lipinski definition) is 3. The minimum atomic E-state index is -0.0986. The Hall–Kier alpha value is -1.92. The Morgan fingerprint density at radius 3 is 2.83 bits per heavy atom. The molecule has 1 amide bonds. The molecule has 0 fully saturated rings. The number of anilines is 1. The maximum atomic E-state index is 11.9. The average Bonchev–Trinajstić information content (AvgIpc) is 2.95. The molecule has 2 heterocycles. The summed E-state index contributed by atoms with van der Waals surface area (Å²) in [6, 6.07) is 9.22. The van der Waals surface area contributed by atoms with Crippen LogP contribution in [0.1, 0.15) is 9.67 Å². The molecule has 0 unspecified atom stereocenters. The molecule has 3 N–H and O–H groups in total. The number of rotatable bonds is 2. The predicted octanol–water partition coefficient (Wildman–Crippen LogP) is 3.54. The second kappa shape index (κ2) is 4.40. The van der Waals surface area contributed by atoms with Crippen molar-refractivity contribution in [2.24, 2.45) is 0 Å². The smallest absolute Gasteiger partial charge is 0.265 e. The van der Waals surface area contributed by atoms with E-state index in [0.29, 0.717) is 9.65 Å². The molecule has 3 aromatic rings. The third kappa shape index (κ3) is 2.07. The third-order valence-corrected chi connectivity index (χ3v) is 3.59. The predicted molar refractivity (Wildman–Crippen MR) is 75.8 cm³/mol. The Balaban J connectivity index is 1.91. The van der Waals surface area contributed by atoms with Crippen molar-refractivity contribution in [3.63, 3.8) is 0 Å². The number of fused-ring (bicyclic) bond motifs is 1. The Morgan fingerprint density at radius 2 is 2.06 bits per heavy atom. The molecule has 2 aromatic heterocycles. The molecule has 3 rings (SSSR count).